The van der Waals surface area contributed by atoms with Gasteiger partial charge in [-0.2, -0.15) is 0 Å². The van der Waals surface area contributed by atoms with E-state index >= 15 is 0 Å². The Balaban J connectivity index is 3.02. The summed E-state index contributed by atoms with van der Waals surface area (Å²) in [6.07, 6.45) is -0.265. The van der Waals surface area contributed by atoms with E-state index in [0.717, 1.165) is 0 Å². The molecular formula is C12H15FO2. The van der Waals surface area contributed by atoms with Crippen LogP contribution in [0.5, 0.6) is 0 Å². The van der Waals surface area contributed by atoms with Gasteiger partial charge in [0.1, 0.15) is 11.9 Å². The molecule has 1 atom stereocenters. The van der Waals surface area contributed by atoms with Crippen molar-refractivity contribution < 1.29 is 13.9 Å². The monoisotopic (exact) mass is 210 g/mol. The summed E-state index contributed by atoms with van der Waals surface area (Å²) in [5, 5.41) is 0. The topological polar surface area (TPSA) is 26.3 Å². The number of aryl methyl sites for hydroxylation is 1. The number of ketones is 1. The summed E-state index contributed by atoms with van der Waals surface area (Å²) < 4.78 is 18.3. The second kappa shape index (κ2) is 5.03. The van der Waals surface area contributed by atoms with Gasteiger partial charge < -0.3 is 4.74 Å². The van der Waals surface area contributed by atoms with Crippen molar-refractivity contribution in [3.8, 4) is 0 Å². The van der Waals surface area contributed by atoms with Gasteiger partial charge in [-0.1, -0.05) is 19.1 Å². The zero-order chi connectivity index (χ0) is 11.4. The van der Waals surface area contributed by atoms with Gasteiger partial charge in [0.15, 0.2) is 5.78 Å². The average molecular weight is 210 g/mol. The minimum absolute atomic E-state index is 0.0410. The van der Waals surface area contributed by atoms with Gasteiger partial charge in [0.2, 0.25) is 0 Å². The molecule has 0 aliphatic rings. The molecule has 82 valence electrons. The van der Waals surface area contributed by atoms with E-state index < -0.39 is 6.10 Å². The summed E-state index contributed by atoms with van der Waals surface area (Å²) in [6, 6.07) is 4.73. The SMILES string of the molecule is CCC(=O)C(OC)c1ccc(C)c(F)c1. The predicted molar refractivity (Wildman–Crippen MR) is 56.2 cm³/mol. The molecule has 3 heteroatoms. The maximum atomic E-state index is 13.3. The molecule has 0 radical (unpaired) electrons. The lowest BCUT2D eigenvalue weighted by atomic mass is 10.0. The third-order valence-electron chi connectivity index (χ3n) is 2.38. The van der Waals surface area contributed by atoms with Crippen LogP contribution in [-0.4, -0.2) is 12.9 Å². The molecule has 0 aliphatic heterocycles. The number of carbonyl (C=O) groups is 1. The average Bonchev–Trinajstić information content (AvgIpc) is 2.24. The molecule has 1 unspecified atom stereocenters. The van der Waals surface area contributed by atoms with Gasteiger partial charge in [-0.05, 0) is 24.1 Å². The molecule has 0 bridgehead atoms. The van der Waals surface area contributed by atoms with Crippen LogP contribution in [0, 0.1) is 12.7 Å². The fraction of sp³-hybridized carbons (Fsp3) is 0.417. The van der Waals surface area contributed by atoms with E-state index in [1.54, 1.807) is 26.0 Å². The van der Waals surface area contributed by atoms with Crippen molar-refractivity contribution >= 4 is 5.78 Å². The van der Waals surface area contributed by atoms with E-state index in [-0.39, 0.29) is 11.6 Å². The van der Waals surface area contributed by atoms with Crippen molar-refractivity contribution in [1.82, 2.24) is 0 Å². The van der Waals surface area contributed by atoms with E-state index in [1.807, 2.05) is 0 Å². The molecule has 1 aromatic carbocycles. The number of hydrogen-bond donors (Lipinski definition) is 0. The highest BCUT2D eigenvalue weighted by atomic mass is 19.1. The van der Waals surface area contributed by atoms with Gasteiger partial charge in [-0.3, -0.25) is 4.79 Å². The summed E-state index contributed by atoms with van der Waals surface area (Å²) in [5.41, 5.74) is 1.14. The first-order valence-corrected chi connectivity index (χ1v) is 4.91. The predicted octanol–water partition coefficient (Wildman–Crippen LogP) is 2.80. The minimum Gasteiger partial charge on any atom is -0.369 e. The van der Waals surface area contributed by atoms with Crippen molar-refractivity contribution in [1.29, 1.82) is 0 Å². The first-order valence-electron chi connectivity index (χ1n) is 4.91. The number of carbonyl (C=O) groups excluding carboxylic acids is 1. The van der Waals surface area contributed by atoms with Crippen molar-refractivity contribution in [2.75, 3.05) is 7.11 Å². The molecule has 0 aromatic heterocycles. The van der Waals surface area contributed by atoms with E-state index in [2.05, 4.69) is 0 Å². The molecule has 0 N–H and O–H groups in total. The summed E-state index contributed by atoms with van der Waals surface area (Å²) in [5.74, 6) is -0.348. The lowest BCUT2D eigenvalue weighted by molar-refractivity contribution is -0.128. The van der Waals surface area contributed by atoms with Gasteiger partial charge in [-0.25, -0.2) is 4.39 Å². The summed E-state index contributed by atoms with van der Waals surface area (Å²) in [4.78, 5) is 11.5. The van der Waals surface area contributed by atoms with E-state index in [9.17, 15) is 9.18 Å². The lowest BCUT2D eigenvalue weighted by Gasteiger charge is -2.14. The van der Waals surface area contributed by atoms with Gasteiger partial charge >= 0.3 is 0 Å². The third kappa shape index (κ3) is 2.63. The molecule has 0 fully saturated rings. The summed E-state index contributed by atoms with van der Waals surface area (Å²) >= 11 is 0. The molecule has 1 rings (SSSR count). The summed E-state index contributed by atoms with van der Waals surface area (Å²) in [6.45, 7) is 3.45. The molecule has 0 heterocycles. The zero-order valence-electron chi connectivity index (χ0n) is 9.21. The van der Waals surface area contributed by atoms with E-state index in [0.29, 0.717) is 17.5 Å². The molecule has 1 aromatic rings. The first kappa shape index (κ1) is 11.9. The standard InChI is InChI=1S/C12H15FO2/c1-4-11(14)12(15-3)9-6-5-8(2)10(13)7-9/h5-7,12H,4H2,1-3H3. The maximum absolute atomic E-state index is 13.3. The zero-order valence-corrected chi connectivity index (χ0v) is 9.21. The second-order valence-corrected chi connectivity index (χ2v) is 3.44. The Hall–Kier alpha value is -1.22. The molecule has 0 saturated carbocycles. The number of benzene rings is 1. The highest BCUT2D eigenvalue weighted by Gasteiger charge is 2.18. The lowest BCUT2D eigenvalue weighted by Crippen LogP contribution is -2.13. The van der Waals surface area contributed by atoms with Crippen molar-refractivity contribution in [2.24, 2.45) is 0 Å². The van der Waals surface area contributed by atoms with Crippen LogP contribution in [0.4, 0.5) is 4.39 Å². The number of hydrogen-bond acceptors (Lipinski definition) is 2. The van der Waals surface area contributed by atoms with Gasteiger partial charge in [0.05, 0.1) is 0 Å². The number of Topliss-reactive ketones (excluding diaryl/α,β-unsaturated/α-hetero) is 1. The smallest absolute Gasteiger partial charge is 0.165 e. The van der Waals surface area contributed by atoms with Crippen molar-refractivity contribution in [3.05, 3.63) is 35.1 Å². The number of methoxy groups -OCH3 is 1. The largest absolute Gasteiger partial charge is 0.369 e. The third-order valence-corrected chi connectivity index (χ3v) is 2.38. The van der Waals surface area contributed by atoms with Crippen LogP contribution < -0.4 is 0 Å². The van der Waals surface area contributed by atoms with Crippen LogP contribution in [-0.2, 0) is 9.53 Å². The quantitative estimate of drug-likeness (QED) is 0.763. The van der Waals surface area contributed by atoms with Crippen LogP contribution in [0.2, 0.25) is 0 Å². The van der Waals surface area contributed by atoms with Crippen LogP contribution in [0.1, 0.15) is 30.6 Å². The highest BCUT2D eigenvalue weighted by Crippen LogP contribution is 2.21. The Bertz CT molecular complexity index is 361. The molecule has 0 amide bonds. The van der Waals surface area contributed by atoms with Crippen LogP contribution >= 0.6 is 0 Å². The van der Waals surface area contributed by atoms with Gasteiger partial charge in [0.25, 0.3) is 0 Å². The Morgan fingerprint density at radius 2 is 2.20 bits per heavy atom. The molecular weight excluding hydrogens is 195 g/mol. The Labute approximate surface area is 89.1 Å². The Morgan fingerprint density at radius 3 is 2.67 bits per heavy atom. The Kier molecular flexibility index (Phi) is 3.97. The van der Waals surface area contributed by atoms with Crippen LogP contribution in [0.3, 0.4) is 0 Å². The highest BCUT2D eigenvalue weighted by molar-refractivity contribution is 5.84. The first-order chi connectivity index (χ1) is 7.10. The normalized spacial score (nSPS) is 12.5. The van der Waals surface area contributed by atoms with Gasteiger partial charge in [-0.15, -0.1) is 0 Å². The maximum Gasteiger partial charge on any atom is 0.165 e. The van der Waals surface area contributed by atoms with Crippen molar-refractivity contribution in [2.45, 2.75) is 26.4 Å². The number of ether oxygens (including phenoxy) is 1. The second-order valence-electron chi connectivity index (χ2n) is 3.44. The van der Waals surface area contributed by atoms with E-state index in [1.165, 1.54) is 13.2 Å². The molecule has 0 aliphatic carbocycles. The molecule has 0 spiro atoms. The number of rotatable bonds is 4. The van der Waals surface area contributed by atoms with Crippen LogP contribution in [0.25, 0.3) is 0 Å². The molecule has 2 nitrogen and oxygen atoms in total. The summed E-state index contributed by atoms with van der Waals surface area (Å²) in [7, 11) is 1.45. The van der Waals surface area contributed by atoms with Gasteiger partial charge in [0, 0.05) is 13.5 Å². The molecule has 0 saturated heterocycles. The number of halogens is 1. The van der Waals surface area contributed by atoms with Crippen LogP contribution in [0.15, 0.2) is 18.2 Å². The molecule has 15 heavy (non-hydrogen) atoms. The van der Waals surface area contributed by atoms with E-state index in [4.69, 9.17) is 4.74 Å². The van der Waals surface area contributed by atoms with Crippen molar-refractivity contribution in [3.63, 3.8) is 0 Å². The fourth-order valence-electron chi connectivity index (χ4n) is 1.41. The fourth-order valence-corrected chi connectivity index (χ4v) is 1.41. The minimum atomic E-state index is -0.648. The Morgan fingerprint density at radius 1 is 1.53 bits per heavy atom.